The first kappa shape index (κ1) is 10.4. The van der Waals surface area contributed by atoms with Crippen molar-refractivity contribution in [1.82, 2.24) is 0 Å². The molecule has 0 saturated carbocycles. The van der Waals surface area contributed by atoms with E-state index < -0.39 is 0 Å². The summed E-state index contributed by atoms with van der Waals surface area (Å²) >= 11 is 0. The fraction of sp³-hybridized carbons (Fsp3) is 0.500. The number of hydrogen-bond donors (Lipinski definition) is 0. The molecule has 0 heterocycles. The molecule has 0 fully saturated rings. The lowest BCUT2D eigenvalue weighted by Crippen LogP contribution is -2.17. The first-order valence-corrected chi connectivity index (χ1v) is 5.73. The van der Waals surface area contributed by atoms with Crippen LogP contribution < -0.4 is 0 Å². The maximum Gasteiger partial charge on any atom is 0.130 e. The minimum Gasteiger partial charge on any atom is -0.300 e. The lowest BCUT2D eigenvalue weighted by atomic mass is 9.80. The Bertz CT molecular complexity index is 379. The summed E-state index contributed by atoms with van der Waals surface area (Å²) in [6, 6.07) is 6.53. The molecule has 0 bridgehead atoms. The maximum atomic E-state index is 11.1. The van der Waals surface area contributed by atoms with Gasteiger partial charge in [0, 0.05) is 6.42 Å². The van der Waals surface area contributed by atoms with Gasteiger partial charge in [-0.05, 0) is 55.7 Å². The first-order chi connectivity index (χ1) is 7.16. The second-order valence-electron chi connectivity index (χ2n) is 4.73. The number of ketones is 1. The van der Waals surface area contributed by atoms with Crippen molar-refractivity contribution < 1.29 is 4.79 Å². The van der Waals surface area contributed by atoms with Gasteiger partial charge in [-0.3, -0.25) is 0 Å². The number of aryl methyl sites for hydroxylation is 1. The summed E-state index contributed by atoms with van der Waals surface area (Å²) in [7, 11) is 0. The quantitative estimate of drug-likeness (QED) is 0.720. The second kappa shape index (κ2) is 4.18. The summed E-state index contributed by atoms with van der Waals surface area (Å²) in [5.41, 5.74) is 4.40. The molecule has 0 N–H and O–H groups in total. The van der Waals surface area contributed by atoms with Gasteiger partial charge in [-0.1, -0.05) is 18.2 Å². The average molecular weight is 202 g/mol. The van der Waals surface area contributed by atoms with Gasteiger partial charge in [-0.2, -0.15) is 0 Å². The zero-order chi connectivity index (χ0) is 10.8. The number of Topliss-reactive ketones (excluding diaryl/α,β-unsaturated/α-hetero) is 1. The molecule has 15 heavy (non-hydrogen) atoms. The van der Waals surface area contributed by atoms with Gasteiger partial charge in [-0.15, -0.1) is 0 Å². The molecule has 0 aromatic heterocycles. The summed E-state index contributed by atoms with van der Waals surface area (Å²) in [5.74, 6) is 0.910. The van der Waals surface area contributed by atoms with Crippen molar-refractivity contribution in [2.24, 2.45) is 5.92 Å². The van der Waals surface area contributed by atoms with Crippen molar-refractivity contribution >= 4 is 5.78 Å². The zero-order valence-corrected chi connectivity index (χ0v) is 9.55. The molecule has 1 unspecified atom stereocenters. The number of hydrogen-bond acceptors (Lipinski definition) is 1. The van der Waals surface area contributed by atoms with Gasteiger partial charge in [-0.25, -0.2) is 0 Å². The Morgan fingerprint density at radius 1 is 1.47 bits per heavy atom. The molecular formula is C14H18O. The van der Waals surface area contributed by atoms with Crippen LogP contribution >= 0.6 is 0 Å². The van der Waals surface area contributed by atoms with E-state index >= 15 is 0 Å². The van der Waals surface area contributed by atoms with Crippen LogP contribution in [0.15, 0.2) is 18.2 Å². The minimum absolute atomic E-state index is 0.330. The summed E-state index contributed by atoms with van der Waals surface area (Å²) in [6.45, 7) is 3.88. The Morgan fingerprint density at radius 3 is 3.00 bits per heavy atom. The van der Waals surface area contributed by atoms with Crippen molar-refractivity contribution in [1.29, 1.82) is 0 Å². The van der Waals surface area contributed by atoms with Crippen LogP contribution in [0.5, 0.6) is 0 Å². The van der Waals surface area contributed by atoms with Crippen LogP contribution in [0.4, 0.5) is 0 Å². The van der Waals surface area contributed by atoms with Crippen molar-refractivity contribution in [2.45, 2.75) is 39.5 Å². The lowest BCUT2D eigenvalue weighted by Gasteiger charge is -2.25. The van der Waals surface area contributed by atoms with Gasteiger partial charge < -0.3 is 4.79 Å². The number of benzene rings is 1. The molecule has 0 amide bonds. The van der Waals surface area contributed by atoms with E-state index in [1.807, 2.05) is 0 Å². The van der Waals surface area contributed by atoms with E-state index in [9.17, 15) is 4.79 Å². The molecule has 0 radical (unpaired) electrons. The van der Waals surface area contributed by atoms with E-state index in [0.29, 0.717) is 11.7 Å². The molecule has 1 aliphatic carbocycles. The van der Waals surface area contributed by atoms with Crippen LogP contribution in [-0.2, 0) is 17.6 Å². The van der Waals surface area contributed by atoms with Crippen molar-refractivity contribution in [3.63, 3.8) is 0 Å². The largest absolute Gasteiger partial charge is 0.300 e. The van der Waals surface area contributed by atoms with Crippen LogP contribution in [-0.4, -0.2) is 5.78 Å². The van der Waals surface area contributed by atoms with E-state index in [4.69, 9.17) is 0 Å². The molecule has 1 heteroatoms. The van der Waals surface area contributed by atoms with Crippen LogP contribution in [0.25, 0.3) is 0 Å². The van der Waals surface area contributed by atoms with Gasteiger partial charge in [0.15, 0.2) is 0 Å². The fourth-order valence-corrected chi connectivity index (χ4v) is 2.65. The molecule has 0 saturated heterocycles. The summed E-state index contributed by atoms with van der Waals surface area (Å²) in [6.07, 6.45) is 4.18. The van der Waals surface area contributed by atoms with E-state index in [1.54, 1.807) is 6.92 Å². The highest BCUT2D eigenvalue weighted by Crippen LogP contribution is 2.29. The van der Waals surface area contributed by atoms with Gasteiger partial charge in [0.25, 0.3) is 0 Å². The molecule has 2 rings (SSSR count). The van der Waals surface area contributed by atoms with E-state index in [2.05, 4.69) is 25.1 Å². The second-order valence-corrected chi connectivity index (χ2v) is 4.73. The summed E-state index contributed by atoms with van der Waals surface area (Å²) in [5, 5.41) is 0. The molecule has 1 aliphatic rings. The Kier molecular flexibility index (Phi) is 2.90. The zero-order valence-electron chi connectivity index (χ0n) is 9.55. The number of rotatable bonds is 2. The third-order valence-electron chi connectivity index (χ3n) is 3.39. The fourth-order valence-electron chi connectivity index (χ4n) is 2.65. The van der Waals surface area contributed by atoms with Crippen LogP contribution in [0.1, 0.15) is 36.5 Å². The van der Waals surface area contributed by atoms with Crippen LogP contribution in [0.3, 0.4) is 0 Å². The number of fused-ring (bicyclic) bond motifs is 1. The Balaban J connectivity index is 2.17. The standard InChI is InChI=1S/C14H18O/c1-10-4-3-5-13-9-12(8-11(2)15)6-7-14(10)13/h3-5,12H,6-9H2,1-2H3. The lowest BCUT2D eigenvalue weighted by molar-refractivity contribution is -0.117. The SMILES string of the molecule is CC(=O)CC1CCc2c(C)cccc2C1. The molecule has 1 aromatic rings. The molecule has 0 aliphatic heterocycles. The predicted octanol–water partition coefficient (Wildman–Crippen LogP) is 3.08. The van der Waals surface area contributed by atoms with Gasteiger partial charge >= 0.3 is 0 Å². The average Bonchev–Trinajstić information content (AvgIpc) is 2.17. The maximum absolute atomic E-state index is 11.1. The van der Waals surface area contributed by atoms with Crippen molar-refractivity contribution in [3.8, 4) is 0 Å². The van der Waals surface area contributed by atoms with Gasteiger partial charge in [0.2, 0.25) is 0 Å². The van der Waals surface area contributed by atoms with Gasteiger partial charge in [0.1, 0.15) is 5.78 Å². The third-order valence-corrected chi connectivity index (χ3v) is 3.39. The third kappa shape index (κ3) is 2.28. The first-order valence-electron chi connectivity index (χ1n) is 5.73. The Hall–Kier alpha value is -1.11. The number of carbonyl (C=O) groups excluding carboxylic acids is 1. The predicted molar refractivity (Wildman–Crippen MR) is 62.0 cm³/mol. The highest BCUT2D eigenvalue weighted by molar-refractivity contribution is 5.75. The van der Waals surface area contributed by atoms with Crippen LogP contribution in [0.2, 0.25) is 0 Å². The smallest absolute Gasteiger partial charge is 0.130 e. The molecule has 0 spiro atoms. The topological polar surface area (TPSA) is 17.1 Å². The highest BCUT2D eigenvalue weighted by Gasteiger charge is 2.20. The molecule has 1 atom stereocenters. The van der Waals surface area contributed by atoms with Gasteiger partial charge in [0.05, 0.1) is 0 Å². The summed E-state index contributed by atoms with van der Waals surface area (Å²) < 4.78 is 0. The van der Waals surface area contributed by atoms with E-state index in [0.717, 1.165) is 19.3 Å². The van der Waals surface area contributed by atoms with Crippen molar-refractivity contribution in [3.05, 3.63) is 34.9 Å². The van der Waals surface area contributed by atoms with Crippen LogP contribution in [0, 0.1) is 12.8 Å². The summed E-state index contributed by atoms with van der Waals surface area (Å²) in [4.78, 5) is 11.1. The normalized spacial score (nSPS) is 19.7. The molecule has 80 valence electrons. The van der Waals surface area contributed by atoms with E-state index in [-0.39, 0.29) is 0 Å². The number of carbonyl (C=O) groups is 1. The molecule has 1 nitrogen and oxygen atoms in total. The molecular weight excluding hydrogens is 184 g/mol. The Labute approximate surface area is 91.5 Å². The highest BCUT2D eigenvalue weighted by atomic mass is 16.1. The molecule has 1 aromatic carbocycles. The monoisotopic (exact) mass is 202 g/mol. The van der Waals surface area contributed by atoms with Crippen molar-refractivity contribution in [2.75, 3.05) is 0 Å². The minimum atomic E-state index is 0.330. The Morgan fingerprint density at radius 2 is 2.27 bits per heavy atom. The van der Waals surface area contributed by atoms with E-state index in [1.165, 1.54) is 23.1 Å².